The monoisotopic (exact) mass is 377 g/mol. The first-order chi connectivity index (χ1) is 11.8. The first-order valence-corrected chi connectivity index (χ1v) is 10.1. The third-order valence-electron chi connectivity index (χ3n) is 4.28. The highest BCUT2D eigenvalue weighted by Gasteiger charge is 2.27. The highest BCUT2D eigenvalue weighted by Crippen LogP contribution is 2.35. The molecule has 0 unspecified atom stereocenters. The Kier molecular flexibility index (Phi) is 4.34. The number of nitrogens with zero attached hydrogens (tertiary/aromatic N) is 1. The number of H-pyrrole nitrogens is 1. The minimum atomic E-state index is -3.68. The van der Waals surface area contributed by atoms with E-state index < -0.39 is 15.9 Å². The van der Waals surface area contributed by atoms with Crippen LogP contribution in [-0.4, -0.2) is 25.9 Å². The smallest absolute Gasteiger partial charge is 0.273 e. The van der Waals surface area contributed by atoms with E-state index in [-0.39, 0.29) is 16.4 Å². The molecule has 8 heteroatoms. The Morgan fingerprint density at radius 2 is 2.04 bits per heavy atom. The molecule has 2 aromatic heterocycles. The lowest BCUT2D eigenvalue weighted by atomic mass is 10.0. The second-order valence-corrected chi connectivity index (χ2v) is 8.81. The summed E-state index contributed by atoms with van der Waals surface area (Å²) < 4.78 is 27.7. The van der Waals surface area contributed by atoms with Crippen LogP contribution in [0.25, 0.3) is 10.9 Å². The number of aryl methyl sites for hydroxylation is 2. The third kappa shape index (κ3) is 2.81. The Balaban J connectivity index is 2.30. The Hall–Kier alpha value is -2.32. The second-order valence-electron chi connectivity index (χ2n) is 5.78. The van der Waals surface area contributed by atoms with Gasteiger partial charge in [0.25, 0.3) is 15.9 Å². The molecule has 0 fully saturated rings. The van der Waals surface area contributed by atoms with Crippen LogP contribution in [0.3, 0.4) is 0 Å². The minimum absolute atomic E-state index is 0.259. The van der Waals surface area contributed by atoms with Crippen LogP contribution in [0.2, 0.25) is 0 Å². The Morgan fingerprint density at radius 3 is 2.60 bits per heavy atom. The standard InChI is InChI=1S/C17H19N3O3S2/c1-4-20(25(22,23)15-6-5-7-24-15)14-8-10(2)11(3)12-9-13(17(18)21)19-16(12)14/h5-9,19H,4H2,1-3H3,(H2,18,21). The number of carbonyl (C=O) groups is 1. The van der Waals surface area contributed by atoms with Crippen molar-refractivity contribution in [2.24, 2.45) is 5.73 Å². The van der Waals surface area contributed by atoms with E-state index >= 15 is 0 Å². The number of anilines is 1. The number of hydrogen-bond donors (Lipinski definition) is 2. The van der Waals surface area contributed by atoms with Gasteiger partial charge in [-0.25, -0.2) is 8.42 Å². The van der Waals surface area contributed by atoms with Gasteiger partial charge in [0.15, 0.2) is 0 Å². The number of amides is 1. The van der Waals surface area contributed by atoms with Gasteiger partial charge in [-0.1, -0.05) is 6.07 Å². The second kappa shape index (κ2) is 6.20. The van der Waals surface area contributed by atoms with Gasteiger partial charge in [-0.2, -0.15) is 0 Å². The number of nitrogens with two attached hydrogens (primary N) is 1. The maximum Gasteiger partial charge on any atom is 0.273 e. The predicted molar refractivity (Wildman–Crippen MR) is 101 cm³/mol. The molecule has 1 amide bonds. The molecule has 3 rings (SSSR count). The van der Waals surface area contributed by atoms with Crippen molar-refractivity contribution in [1.82, 2.24) is 4.98 Å². The Morgan fingerprint density at radius 1 is 1.32 bits per heavy atom. The fourth-order valence-corrected chi connectivity index (χ4v) is 5.45. The maximum absolute atomic E-state index is 13.0. The van der Waals surface area contributed by atoms with Gasteiger partial charge >= 0.3 is 0 Å². The van der Waals surface area contributed by atoms with E-state index in [1.165, 1.54) is 15.6 Å². The van der Waals surface area contributed by atoms with Crippen LogP contribution in [0.4, 0.5) is 5.69 Å². The van der Waals surface area contributed by atoms with E-state index in [2.05, 4.69) is 4.98 Å². The Labute approximate surface area is 150 Å². The van der Waals surface area contributed by atoms with Crippen LogP contribution in [-0.2, 0) is 10.0 Å². The van der Waals surface area contributed by atoms with E-state index in [1.54, 1.807) is 30.5 Å². The van der Waals surface area contributed by atoms with E-state index in [4.69, 9.17) is 5.73 Å². The van der Waals surface area contributed by atoms with Gasteiger partial charge in [0.05, 0.1) is 11.2 Å². The van der Waals surface area contributed by atoms with Crippen LogP contribution < -0.4 is 10.0 Å². The summed E-state index contributed by atoms with van der Waals surface area (Å²) in [4.78, 5) is 14.5. The molecule has 0 aliphatic carbocycles. The van der Waals surface area contributed by atoms with Gasteiger partial charge in [0.1, 0.15) is 9.90 Å². The number of carbonyl (C=O) groups excluding carboxylic acids is 1. The Bertz CT molecular complexity index is 1050. The molecule has 0 radical (unpaired) electrons. The van der Waals surface area contributed by atoms with Gasteiger partial charge < -0.3 is 10.7 Å². The van der Waals surface area contributed by atoms with Gasteiger partial charge in [0, 0.05) is 11.9 Å². The molecule has 1 aromatic carbocycles. The molecular formula is C17H19N3O3S2. The van der Waals surface area contributed by atoms with E-state index in [9.17, 15) is 13.2 Å². The molecule has 0 bridgehead atoms. The van der Waals surface area contributed by atoms with Crippen molar-refractivity contribution in [3.8, 4) is 0 Å². The number of hydrogen-bond acceptors (Lipinski definition) is 4. The number of thiophene rings is 1. The van der Waals surface area contributed by atoms with Crippen LogP contribution in [0.1, 0.15) is 28.5 Å². The molecule has 132 valence electrons. The van der Waals surface area contributed by atoms with E-state index in [0.29, 0.717) is 11.2 Å². The fraction of sp³-hybridized carbons (Fsp3) is 0.235. The molecule has 3 N–H and O–H groups in total. The fourth-order valence-electron chi connectivity index (χ4n) is 2.87. The zero-order valence-electron chi connectivity index (χ0n) is 14.2. The van der Waals surface area contributed by atoms with Crippen molar-refractivity contribution in [1.29, 1.82) is 0 Å². The van der Waals surface area contributed by atoms with Crippen LogP contribution in [0, 0.1) is 13.8 Å². The van der Waals surface area contributed by atoms with Crippen LogP contribution in [0.5, 0.6) is 0 Å². The number of nitrogens with one attached hydrogen (secondary N) is 1. The summed E-state index contributed by atoms with van der Waals surface area (Å²) in [7, 11) is -3.68. The molecule has 3 aromatic rings. The highest BCUT2D eigenvalue weighted by atomic mass is 32.2. The SMILES string of the molecule is CCN(c1cc(C)c(C)c2cc(C(N)=O)[nH]c12)S(=O)(=O)c1cccs1. The van der Waals surface area contributed by atoms with Crippen molar-refractivity contribution in [2.75, 3.05) is 10.8 Å². The number of aromatic amines is 1. The van der Waals surface area contributed by atoms with Crippen molar-refractivity contribution in [2.45, 2.75) is 25.0 Å². The van der Waals surface area contributed by atoms with Gasteiger partial charge in [0.2, 0.25) is 0 Å². The molecule has 0 aliphatic heterocycles. The molecule has 0 saturated carbocycles. The average Bonchev–Trinajstić information content (AvgIpc) is 3.22. The molecule has 0 aliphatic rings. The summed E-state index contributed by atoms with van der Waals surface area (Å²) in [6.07, 6.45) is 0. The molecule has 2 heterocycles. The van der Waals surface area contributed by atoms with Gasteiger partial charge in [-0.15, -0.1) is 11.3 Å². The normalized spacial score (nSPS) is 11.8. The lowest BCUT2D eigenvalue weighted by Crippen LogP contribution is -2.30. The number of primary amides is 1. The number of fused-ring (bicyclic) bond motifs is 1. The molecule has 0 atom stereocenters. The summed E-state index contributed by atoms with van der Waals surface area (Å²) >= 11 is 1.18. The molecular weight excluding hydrogens is 358 g/mol. The summed E-state index contributed by atoms with van der Waals surface area (Å²) in [5.74, 6) is -0.580. The third-order valence-corrected chi connectivity index (χ3v) is 7.55. The molecule has 0 spiro atoms. The number of benzene rings is 1. The number of sulfonamides is 1. The van der Waals surface area contributed by atoms with E-state index in [0.717, 1.165) is 16.5 Å². The zero-order chi connectivity index (χ0) is 18.4. The van der Waals surface area contributed by atoms with Gasteiger partial charge in [-0.05, 0) is 55.5 Å². The number of aromatic nitrogens is 1. The van der Waals surface area contributed by atoms with Crippen LogP contribution in [0.15, 0.2) is 33.9 Å². The summed E-state index contributed by atoms with van der Waals surface area (Å²) in [6.45, 7) is 5.90. The molecule has 25 heavy (non-hydrogen) atoms. The lowest BCUT2D eigenvalue weighted by Gasteiger charge is -2.24. The summed E-state index contributed by atoms with van der Waals surface area (Å²) in [6, 6.07) is 6.80. The topological polar surface area (TPSA) is 96.3 Å². The van der Waals surface area contributed by atoms with Crippen molar-refractivity contribution >= 4 is 43.9 Å². The number of rotatable bonds is 5. The van der Waals surface area contributed by atoms with Crippen molar-refractivity contribution in [3.05, 3.63) is 46.5 Å². The maximum atomic E-state index is 13.0. The van der Waals surface area contributed by atoms with Crippen molar-refractivity contribution < 1.29 is 13.2 Å². The predicted octanol–water partition coefficient (Wildman–Crippen LogP) is 3.16. The molecule has 6 nitrogen and oxygen atoms in total. The summed E-state index contributed by atoms with van der Waals surface area (Å²) in [5.41, 5.74) is 8.68. The lowest BCUT2D eigenvalue weighted by molar-refractivity contribution is 0.0996. The first-order valence-electron chi connectivity index (χ1n) is 7.76. The first kappa shape index (κ1) is 17.5. The van der Waals surface area contributed by atoms with Crippen LogP contribution >= 0.6 is 11.3 Å². The van der Waals surface area contributed by atoms with Gasteiger partial charge in [-0.3, -0.25) is 9.10 Å². The quantitative estimate of drug-likeness (QED) is 0.715. The summed E-state index contributed by atoms with van der Waals surface area (Å²) in [5, 5.41) is 2.53. The minimum Gasteiger partial charge on any atom is -0.364 e. The highest BCUT2D eigenvalue weighted by molar-refractivity contribution is 7.94. The van der Waals surface area contributed by atoms with Crippen molar-refractivity contribution in [3.63, 3.8) is 0 Å². The van der Waals surface area contributed by atoms with E-state index in [1.807, 2.05) is 19.9 Å². The molecule has 0 saturated heterocycles. The largest absolute Gasteiger partial charge is 0.364 e. The average molecular weight is 377 g/mol. The zero-order valence-corrected chi connectivity index (χ0v) is 15.8.